The van der Waals surface area contributed by atoms with Crippen molar-refractivity contribution in [1.29, 1.82) is 0 Å². The molecule has 7 heteroatoms. The van der Waals surface area contributed by atoms with E-state index in [9.17, 15) is 14.7 Å². The molecular formula is C21H20Br2O5. The van der Waals surface area contributed by atoms with Crippen LogP contribution in [-0.2, 0) is 25.5 Å². The second-order valence-corrected chi connectivity index (χ2v) is 8.69. The van der Waals surface area contributed by atoms with Gasteiger partial charge in [-0.2, -0.15) is 0 Å². The smallest absolute Gasteiger partial charge is 0.335 e. The van der Waals surface area contributed by atoms with E-state index in [2.05, 4.69) is 31.9 Å². The van der Waals surface area contributed by atoms with E-state index in [0.717, 1.165) is 20.1 Å². The molecule has 148 valence electrons. The first-order valence-electron chi connectivity index (χ1n) is 8.69. The molecule has 3 rings (SSSR count). The topological polar surface area (TPSA) is 72.8 Å². The number of ether oxygens (including phenoxy) is 2. The third-order valence-corrected chi connectivity index (χ3v) is 6.44. The lowest BCUT2D eigenvalue weighted by molar-refractivity contribution is -0.154. The van der Waals surface area contributed by atoms with Crippen molar-refractivity contribution in [2.24, 2.45) is 11.3 Å². The highest BCUT2D eigenvalue weighted by atomic mass is 79.9. The van der Waals surface area contributed by atoms with Gasteiger partial charge in [0.15, 0.2) is 6.10 Å². The predicted molar refractivity (Wildman–Crippen MR) is 111 cm³/mol. The molecule has 5 nitrogen and oxygen atoms in total. The number of aliphatic hydroxyl groups is 1. The maximum Gasteiger partial charge on any atom is 0.335 e. The van der Waals surface area contributed by atoms with Crippen molar-refractivity contribution in [3.05, 3.63) is 68.6 Å². The maximum absolute atomic E-state index is 12.9. The first-order valence-corrected chi connectivity index (χ1v) is 10.3. The van der Waals surface area contributed by atoms with Gasteiger partial charge in [0.05, 0.1) is 19.6 Å². The summed E-state index contributed by atoms with van der Waals surface area (Å²) in [5.41, 5.74) is 0.721. The van der Waals surface area contributed by atoms with Gasteiger partial charge in [-0.05, 0) is 41.8 Å². The average molecular weight is 512 g/mol. The van der Waals surface area contributed by atoms with Gasteiger partial charge in [-0.15, -0.1) is 0 Å². The zero-order chi connectivity index (χ0) is 20.5. The Labute approximate surface area is 180 Å². The molecule has 0 heterocycles. The highest BCUT2D eigenvalue weighted by molar-refractivity contribution is 9.10. The summed E-state index contributed by atoms with van der Waals surface area (Å²) in [7, 11) is 2.54. The number of rotatable bonds is 6. The van der Waals surface area contributed by atoms with Gasteiger partial charge in [-0.1, -0.05) is 56.1 Å². The Morgan fingerprint density at radius 3 is 2.04 bits per heavy atom. The van der Waals surface area contributed by atoms with Gasteiger partial charge in [0.1, 0.15) is 0 Å². The predicted octanol–water partition coefficient (Wildman–Crippen LogP) is 3.86. The van der Waals surface area contributed by atoms with Crippen molar-refractivity contribution in [1.82, 2.24) is 0 Å². The molecule has 0 spiro atoms. The van der Waals surface area contributed by atoms with Crippen LogP contribution in [0.5, 0.6) is 0 Å². The van der Waals surface area contributed by atoms with Crippen LogP contribution >= 0.6 is 31.9 Å². The highest BCUT2D eigenvalue weighted by Crippen LogP contribution is 2.68. The van der Waals surface area contributed by atoms with E-state index in [4.69, 9.17) is 9.47 Å². The van der Waals surface area contributed by atoms with E-state index in [1.807, 2.05) is 48.5 Å². The minimum Gasteiger partial charge on any atom is -0.469 e. The lowest BCUT2D eigenvalue weighted by Crippen LogP contribution is -2.31. The SMILES string of the molecule is COC(=O)[C@@H](O)[C@@H]1[C@@H](c2ccc(Br)cc2)[C@@]1(Cc1ccc(Br)cc1)C(=O)OC. The second-order valence-electron chi connectivity index (χ2n) is 6.86. The summed E-state index contributed by atoms with van der Waals surface area (Å²) in [6.45, 7) is 0. The first-order chi connectivity index (χ1) is 13.3. The third kappa shape index (κ3) is 3.75. The molecule has 1 saturated carbocycles. The maximum atomic E-state index is 12.9. The zero-order valence-electron chi connectivity index (χ0n) is 15.4. The van der Waals surface area contributed by atoms with Crippen LogP contribution < -0.4 is 0 Å². The van der Waals surface area contributed by atoms with Crippen LogP contribution in [0.1, 0.15) is 17.0 Å². The van der Waals surface area contributed by atoms with Crippen LogP contribution in [0.15, 0.2) is 57.5 Å². The Bertz CT molecular complexity index is 865. The van der Waals surface area contributed by atoms with Gasteiger partial charge in [0, 0.05) is 20.8 Å². The van der Waals surface area contributed by atoms with Crippen LogP contribution in [0, 0.1) is 11.3 Å². The van der Waals surface area contributed by atoms with Gasteiger partial charge in [-0.3, -0.25) is 4.79 Å². The molecule has 28 heavy (non-hydrogen) atoms. The average Bonchev–Trinajstić information content (AvgIpc) is 3.37. The zero-order valence-corrected chi connectivity index (χ0v) is 18.6. The van der Waals surface area contributed by atoms with Gasteiger partial charge in [-0.25, -0.2) is 4.79 Å². The van der Waals surface area contributed by atoms with Crippen molar-refractivity contribution in [3.63, 3.8) is 0 Å². The van der Waals surface area contributed by atoms with Gasteiger partial charge < -0.3 is 14.6 Å². The molecule has 0 aliphatic heterocycles. The molecule has 2 aromatic carbocycles. The van der Waals surface area contributed by atoms with E-state index in [1.54, 1.807) is 0 Å². The van der Waals surface area contributed by atoms with Gasteiger partial charge in [0.25, 0.3) is 0 Å². The summed E-state index contributed by atoms with van der Waals surface area (Å²) in [6.07, 6.45) is -1.08. The highest BCUT2D eigenvalue weighted by Gasteiger charge is 2.73. The lowest BCUT2D eigenvalue weighted by atomic mass is 9.90. The third-order valence-electron chi connectivity index (χ3n) is 5.39. The molecule has 1 aliphatic carbocycles. The summed E-state index contributed by atoms with van der Waals surface area (Å²) >= 11 is 6.81. The molecule has 0 amide bonds. The number of hydrogen-bond acceptors (Lipinski definition) is 5. The number of aliphatic hydroxyl groups excluding tert-OH is 1. The molecule has 2 aromatic rings. The number of benzene rings is 2. The van der Waals surface area contributed by atoms with Crippen LogP contribution in [0.4, 0.5) is 0 Å². The molecule has 1 fully saturated rings. The van der Waals surface area contributed by atoms with E-state index >= 15 is 0 Å². The minimum atomic E-state index is -1.42. The van der Waals surface area contributed by atoms with Crippen molar-refractivity contribution in [3.8, 4) is 0 Å². The van der Waals surface area contributed by atoms with Crippen molar-refractivity contribution >= 4 is 43.8 Å². The standard InChI is InChI=1S/C21H20Br2O5/c1-27-19(25)18(24)17-16(13-5-9-15(23)10-6-13)21(17,20(26)28-2)11-12-3-7-14(22)8-4-12/h3-10,16-18,24H,11H2,1-2H3/t16-,17+,18+,21-/m1/s1. The van der Waals surface area contributed by atoms with Gasteiger partial charge >= 0.3 is 11.9 Å². The number of esters is 2. The molecule has 1 aliphatic rings. The Balaban J connectivity index is 2.06. The molecular weight excluding hydrogens is 492 g/mol. The fourth-order valence-corrected chi connectivity index (χ4v) is 4.60. The van der Waals surface area contributed by atoms with Crippen LogP contribution in [-0.4, -0.2) is 37.4 Å². The number of methoxy groups -OCH3 is 2. The second kappa shape index (κ2) is 8.35. The van der Waals surface area contributed by atoms with E-state index in [-0.39, 0.29) is 5.92 Å². The summed E-state index contributed by atoms with van der Waals surface area (Å²) in [5.74, 6) is -2.21. The Hall–Kier alpha value is -1.70. The fourth-order valence-electron chi connectivity index (χ4n) is 4.07. The monoisotopic (exact) mass is 510 g/mol. The Morgan fingerprint density at radius 1 is 1.00 bits per heavy atom. The molecule has 4 atom stereocenters. The van der Waals surface area contributed by atoms with Crippen LogP contribution in [0.25, 0.3) is 0 Å². The van der Waals surface area contributed by atoms with Crippen molar-refractivity contribution < 1.29 is 24.2 Å². The summed E-state index contributed by atoms with van der Waals surface area (Å²) in [4.78, 5) is 25.0. The first kappa shape index (κ1) is 21.0. The van der Waals surface area contributed by atoms with Crippen molar-refractivity contribution in [2.45, 2.75) is 18.4 Å². The molecule has 0 saturated heterocycles. The largest absolute Gasteiger partial charge is 0.469 e. The van der Waals surface area contributed by atoms with Gasteiger partial charge in [0.2, 0.25) is 0 Å². The molecule has 0 aromatic heterocycles. The number of hydrogen-bond donors (Lipinski definition) is 1. The molecule has 0 unspecified atom stereocenters. The molecule has 0 radical (unpaired) electrons. The summed E-state index contributed by atoms with van der Waals surface area (Å²) in [5, 5.41) is 10.6. The van der Waals surface area contributed by atoms with Crippen LogP contribution in [0.3, 0.4) is 0 Å². The Kier molecular flexibility index (Phi) is 6.27. The van der Waals surface area contributed by atoms with Crippen molar-refractivity contribution in [2.75, 3.05) is 14.2 Å². The Morgan fingerprint density at radius 2 is 1.54 bits per heavy atom. The number of carbonyl (C=O) groups excluding carboxylic acids is 2. The molecule has 1 N–H and O–H groups in total. The normalized spacial score (nSPS) is 24.3. The lowest BCUT2D eigenvalue weighted by Gasteiger charge is -2.18. The number of halogens is 2. The fraction of sp³-hybridized carbons (Fsp3) is 0.333. The van der Waals surface area contributed by atoms with E-state index in [1.165, 1.54) is 14.2 Å². The number of carbonyl (C=O) groups is 2. The van der Waals surface area contributed by atoms with E-state index in [0.29, 0.717) is 6.42 Å². The molecule has 0 bridgehead atoms. The summed E-state index contributed by atoms with van der Waals surface area (Å²) in [6, 6.07) is 15.1. The minimum absolute atomic E-state index is 0.340. The van der Waals surface area contributed by atoms with E-state index < -0.39 is 29.4 Å². The summed E-state index contributed by atoms with van der Waals surface area (Å²) < 4.78 is 11.7. The quantitative estimate of drug-likeness (QED) is 0.596. The van der Waals surface area contributed by atoms with Crippen LogP contribution in [0.2, 0.25) is 0 Å².